The number of hydrogen-bond donors (Lipinski definition) is 2. The van der Waals surface area contributed by atoms with Gasteiger partial charge in [-0.15, -0.1) is 10.7 Å². The number of methoxy groups -OCH3 is 2. The monoisotopic (exact) mass is 394 g/mol. The van der Waals surface area contributed by atoms with Crippen LogP contribution in [0.2, 0.25) is 0 Å². The lowest BCUT2D eigenvalue weighted by Gasteiger charge is -2.18. The first-order valence-electron chi connectivity index (χ1n) is 10.5. The van der Waals surface area contributed by atoms with Gasteiger partial charge in [-0.1, -0.05) is 45.1 Å². The fourth-order valence-corrected chi connectivity index (χ4v) is 5.63. The van der Waals surface area contributed by atoms with E-state index in [0.717, 1.165) is 24.6 Å². The van der Waals surface area contributed by atoms with E-state index in [-0.39, 0.29) is 10.7 Å². The molecule has 0 fully saturated rings. The Morgan fingerprint density at radius 2 is 1.59 bits per heavy atom. The topological polar surface area (TPSA) is 42.5 Å². The SMILES string of the molecule is CCCNCCCCCCCCCS1=c2c(OC)ccc(OC)c2=CCN1. The number of fused-ring (bicyclic) bond motifs is 1. The van der Waals surface area contributed by atoms with Gasteiger partial charge in [-0.3, -0.25) is 4.72 Å². The van der Waals surface area contributed by atoms with E-state index < -0.39 is 0 Å². The van der Waals surface area contributed by atoms with Crippen LogP contribution in [0.25, 0.3) is 6.08 Å². The number of rotatable bonds is 14. The molecule has 0 aromatic heterocycles. The third-order valence-corrected chi connectivity index (χ3v) is 7.12. The minimum atomic E-state index is 0.0489. The molecule has 0 amide bonds. The summed E-state index contributed by atoms with van der Waals surface area (Å²) in [7, 11) is 3.55. The van der Waals surface area contributed by atoms with Crippen molar-refractivity contribution in [2.45, 2.75) is 58.3 Å². The van der Waals surface area contributed by atoms with Crippen LogP contribution in [0, 0.1) is 4.51 Å². The van der Waals surface area contributed by atoms with Crippen LogP contribution in [0.15, 0.2) is 12.1 Å². The summed E-state index contributed by atoms with van der Waals surface area (Å²) in [6, 6.07) is 4.05. The van der Waals surface area contributed by atoms with Gasteiger partial charge in [0, 0.05) is 17.5 Å². The highest BCUT2D eigenvalue weighted by Crippen LogP contribution is 2.26. The van der Waals surface area contributed by atoms with Gasteiger partial charge in [-0.2, -0.15) is 0 Å². The molecule has 1 aromatic rings. The number of ether oxygens (including phenoxy) is 2. The summed E-state index contributed by atoms with van der Waals surface area (Å²) in [5, 5.41) is 4.70. The molecule has 5 heteroatoms. The predicted octanol–water partition coefficient (Wildman–Crippen LogP) is 4.25. The second kappa shape index (κ2) is 13.2. The van der Waals surface area contributed by atoms with Crippen molar-refractivity contribution in [2.24, 2.45) is 0 Å². The molecule has 4 nitrogen and oxygen atoms in total. The van der Waals surface area contributed by atoms with Crippen LogP contribution in [0.5, 0.6) is 11.5 Å². The van der Waals surface area contributed by atoms with Crippen molar-refractivity contribution in [1.29, 1.82) is 0 Å². The second-order valence-electron chi connectivity index (χ2n) is 7.09. The Labute approximate surface area is 167 Å². The highest BCUT2D eigenvalue weighted by atomic mass is 32.2. The molecule has 1 heterocycles. The fourth-order valence-electron chi connectivity index (χ4n) is 3.52. The Bertz CT molecular complexity index is 676. The first-order chi connectivity index (χ1) is 13.3. The largest absolute Gasteiger partial charge is 0.496 e. The molecule has 27 heavy (non-hydrogen) atoms. The first-order valence-corrected chi connectivity index (χ1v) is 11.9. The zero-order valence-electron chi connectivity index (χ0n) is 17.4. The van der Waals surface area contributed by atoms with Crippen LogP contribution in [0.1, 0.15) is 58.3 Å². The van der Waals surface area contributed by atoms with Gasteiger partial charge in [-0.05, 0) is 44.5 Å². The summed E-state index contributed by atoms with van der Waals surface area (Å²) < 4.78 is 16.2. The first kappa shape index (κ1) is 22.3. The van der Waals surface area contributed by atoms with Crippen molar-refractivity contribution >= 4 is 16.7 Å². The van der Waals surface area contributed by atoms with Crippen LogP contribution in [0.3, 0.4) is 0 Å². The molecule has 2 N–H and O–H groups in total. The minimum Gasteiger partial charge on any atom is -0.496 e. The van der Waals surface area contributed by atoms with Gasteiger partial charge in [0.05, 0.1) is 18.7 Å². The minimum absolute atomic E-state index is 0.0489. The van der Waals surface area contributed by atoms with Gasteiger partial charge >= 0.3 is 0 Å². The molecule has 0 radical (unpaired) electrons. The van der Waals surface area contributed by atoms with E-state index in [1.54, 1.807) is 14.2 Å². The molecule has 0 bridgehead atoms. The van der Waals surface area contributed by atoms with Crippen molar-refractivity contribution in [1.82, 2.24) is 10.0 Å². The van der Waals surface area contributed by atoms with Gasteiger partial charge in [-0.25, -0.2) is 0 Å². The Balaban J connectivity index is 1.77. The number of benzene rings is 1. The van der Waals surface area contributed by atoms with E-state index in [0.29, 0.717) is 0 Å². The van der Waals surface area contributed by atoms with Crippen molar-refractivity contribution in [3.63, 3.8) is 0 Å². The molecule has 0 saturated heterocycles. The molecule has 0 saturated carbocycles. The maximum absolute atomic E-state index is 5.64. The highest BCUT2D eigenvalue weighted by Gasteiger charge is 2.11. The van der Waals surface area contributed by atoms with Crippen LogP contribution in [0.4, 0.5) is 0 Å². The van der Waals surface area contributed by atoms with Crippen molar-refractivity contribution < 1.29 is 9.47 Å². The number of hydrogen-bond acceptors (Lipinski definition) is 4. The fraction of sp³-hybridized carbons (Fsp3) is 0.682. The van der Waals surface area contributed by atoms with E-state index in [1.165, 1.54) is 73.4 Å². The van der Waals surface area contributed by atoms with Crippen LogP contribution >= 0.6 is 10.7 Å². The molecule has 1 aliphatic rings. The number of nitrogens with one attached hydrogen (secondary N) is 2. The van der Waals surface area contributed by atoms with Crippen LogP contribution in [-0.4, -0.2) is 39.6 Å². The maximum Gasteiger partial charge on any atom is 0.133 e. The maximum atomic E-state index is 5.64. The van der Waals surface area contributed by atoms with E-state index in [9.17, 15) is 0 Å². The zero-order chi connectivity index (χ0) is 19.3. The van der Waals surface area contributed by atoms with Crippen molar-refractivity contribution in [3.05, 3.63) is 21.9 Å². The lowest BCUT2D eigenvalue weighted by molar-refractivity contribution is 0.398. The summed E-state index contributed by atoms with van der Waals surface area (Å²) in [4.78, 5) is 0. The van der Waals surface area contributed by atoms with Crippen molar-refractivity contribution in [3.8, 4) is 11.5 Å². The Kier molecular flexibility index (Phi) is 10.9. The highest BCUT2D eigenvalue weighted by molar-refractivity contribution is 8.07. The molecular weight excluding hydrogens is 356 g/mol. The molecule has 2 rings (SSSR count). The normalized spacial score (nSPS) is 15.9. The van der Waals surface area contributed by atoms with Crippen LogP contribution in [-0.2, 0) is 0 Å². The standard InChI is InChI=1S/C22H38N2O2S/c1-4-15-23-16-10-8-6-5-7-9-11-18-27-22-19(14-17-24-27)20(25-2)12-13-21(22)26-3/h12-14,23-24H,4-11,15-18H2,1-3H3. The third kappa shape index (κ3) is 7.13. The number of unbranched alkanes of at least 4 members (excludes halogenated alkanes) is 6. The summed E-state index contributed by atoms with van der Waals surface area (Å²) in [5.41, 5.74) is 0. The predicted molar refractivity (Wildman–Crippen MR) is 118 cm³/mol. The molecule has 1 aromatic carbocycles. The average molecular weight is 395 g/mol. The summed E-state index contributed by atoms with van der Waals surface area (Å²) in [6.45, 7) is 5.48. The Morgan fingerprint density at radius 1 is 0.926 bits per heavy atom. The Morgan fingerprint density at radius 3 is 2.30 bits per heavy atom. The van der Waals surface area contributed by atoms with Gasteiger partial charge < -0.3 is 14.8 Å². The van der Waals surface area contributed by atoms with Gasteiger partial charge in [0.15, 0.2) is 0 Å². The molecular formula is C22H38N2O2S. The lowest BCUT2D eigenvalue weighted by Crippen LogP contribution is -2.22. The molecule has 1 unspecified atom stereocenters. The van der Waals surface area contributed by atoms with E-state index >= 15 is 0 Å². The third-order valence-electron chi connectivity index (χ3n) is 5.00. The molecule has 0 aliphatic carbocycles. The van der Waals surface area contributed by atoms with Crippen molar-refractivity contribution in [2.75, 3.05) is 39.6 Å². The zero-order valence-corrected chi connectivity index (χ0v) is 18.3. The molecule has 0 spiro atoms. The van der Waals surface area contributed by atoms with E-state index in [4.69, 9.17) is 9.47 Å². The van der Waals surface area contributed by atoms with E-state index in [2.05, 4.69) is 23.0 Å². The summed E-state index contributed by atoms with van der Waals surface area (Å²) >= 11 is 0. The van der Waals surface area contributed by atoms with Gasteiger partial charge in [0.25, 0.3) is 0 Å². The van der Waals surface area contributed by atoms with Gasteiger partial charge in [0.1, 0.15) is 11.5 Å². The quantitative estimate of drug-likeness (QED) is 0.366. The molecule has 1 aliphatic heterocycles. The molecule has 1 atom stereocenters. The van der Waals surface area contributed by atoms with E-state index in [1.807, 2.05) is 12.1 Å². The van der Waals surface area contributed by atoms with Gasteiger partial charge in [0.2, 0.25) is 0 Å². The Hall–Kier alpha value is -1.04. The summed E-state index contributed by atoms with van der Waals surface area (Å²) in [5.74, 6) is 3.12. The summed E-state index contributed by atoms with van der Waals surface area (Å²) in [6.07, 6.45) is 12.8. The van der Waals surface area contributed by atoms with Crippen LogP contribution < -0.4 is 24.7 Å². The second-order valence-corrected chi connectivity index (χ2v) is 8.97. The lowest BCUT2D eigenvalue weighted by atomic mass is 10.1. The average Bonchev–Trinajstić information content (AvgIpc) is 2.71. The molecule has 154 valence electrons. The smallest absolute Gasteiger partial charge is 0.133 e.